The highest BCUT2D eigenvalue weighted by atomic mass is 79.9. The van der Waals surface area contributed by atoms with Crippen LogP contribution in [-0.4, -0.2) is 12.7 Å². The van der Waals surface area contributed by atoms with Crippen molar-refractivity contribution in [3.05, 3.63) is 35.4 Å². The van der Waals surface area contributed by atoms with E-state index < -0.39 is 11.6 Å². The molecule has 1 heterocycles. The van der Waals surface area contributed by atoms with E-state index in [1.54, 1.807) is 0 Å². The summed E-state index contributed by atoms with van der Waals surface area (Å²) in [5.41, 5.74) is 0.340. The molecule has 88 valence electrons. The SMILES string of the molecule is Fc1ccc(F)c(C(Br)C2CCCCO2)c1. The molecule has 1 aliphatic heterocycles. The molecule has 1 saturated heterocycles. The molecule has 1 nitrogen and oxygen atoms in total. The largest absolute Gasteiger partial charge is 0.377 e. The van der Waals surface area contributed by atoms with Crippen molar-refractivity contribution in [3.63, 3.8) is 0 Å². The van der Waals surface area contributed by atoms with Gasteiger partial charge in [-0.25, -0.2) is 8.78 Å². The Morgan fingerprint density at radius 2 is 2.12 bits per heavy atom. The quantitative estimate of drug-likeness (QED) is 0.749. The Hall–Kier alpha value is -0.480. The van der Waals surface area contributed by atoms with Gasteiger partial charge in [0.25, 0.3) is 0 Å². The van der Waals surface area contributed by atoms with Crippen LogP contribution in [0.25, 0.3) is 0 Å². The van der Waals surface area contributed by atoms with Gasteiger partial charge in [0.1, 0.15) is 11.6 Å². The average Bonchev–Trinajstić information content (AvgIpc) is 2.32. The van der Waals surface area contributed by atoms with Crippen molar-refractivity contribution in [2.45, 2.75) is 30.2 Å². The lowest BCUT2D eigenvalue weighted by Crippen LogP contribution is -2.24. The molecule has 0 spiro atoms. The molecule has 1 aromatic carbocycles. The zero-order valence-electron chi connectivity index (χ0n) is 8.76. The molecule has 0 N–H and O–H groups in total. The third-order valence-electron chi connectivity index (χ3n) is 2.80. The van der Waals surface area contributed by atoms with Gasteiger partial charge in [-0.05, 0) is 37.5 Å². The first-order valence-electron chi connectivity index (χ1n) is 5.39. The molecule has 0 aromatic heterocycles. The normalized spacial score (nSPS) is 23.1. The van der Waals surface area contributed by atoms with Gasteiger partial charge in [0, 0.05) is 12.2 Å². The molecule has 1 aromatic rings. The van der Waals surface area contributed by atoms with Crippen LogP contribution in [0, 0.1) is 11.6 Å². The highest BCUT2D eigenvalue weighted by Crippen LogP contribution is 2.34. The summed E-state index contributed by atoms with van der Waals surface area (Å²) in [5.74, 6) is -0.811. The van der Waals surface area contributed by atoms with E-state index in [0.717, 1.165) is 31.4 Å². The van der Waals surface area contributed by atoms with Crippen molar-refractivity contribution in [2.75, 3.05) is 6.61 Å². The summed E-state index contributed by atoms with van der Waals surface area (Å²) in [4.78, 5) is -0.275. The van der Waals surface area contributed by atoms with Crippen molar-refractivity contribution >= 4 is 15.9 Å². The highest BCUT2D eigenvalue weighted by Gasteiger charge is 2.26. The summed E-state index contributed by atoms with van der Waals surface area (Å²) >= 11 is 3.40. The minimum atomic E-state index is -0.420. The molecule has 0 bridgehead atoms. The summed E-state index contributed by atoms with van der Waals surface area (Å²) in [5, 5.41) is 0. The Bertz CT molecular complexity index is 364. The Morgan fingerprint density at radius 1 is 1.31 bits per heavy atom. The van der Waals surface area contributed by atoms with Gasteiger partial charge in [-0.15, -0.1) is 0 Å². The minimum absolute atomic E-state index is 0.0648. The predicted molar refractivity (Wildman–Crippen MR) is 61.6 cm³/mol. The van der Waals surface area contributed by atoms with Gasteiger partial charge in [-0.2, -0.15) is 0 Å². The van der Waals surface area contributed by atoms with Gasteiger partial charge < -0.3 is 4.74 Å². The van der Waals surface area contributed by atoms with Crippen LogP contribution in [0.4, 0.5) is 8.78 Å². The molecular formula is C12H13BrF2O. The molecule has 1 fully saturated rings. The Morgan fingerprint density at radius 3 is 2.81 bits per heavy atom. The number of ether oxygens (including phenoxy) is 1. The molecule has 2 unspecified atom stereocenters. The third-order valence-corrected chi connectivity index (χ3v) is 3.88. The second-order valence-electron chi connectivity index (χ2n) is 3.97. The lowest BCUT2D eigenvalue weighted by atomic mass is 10.0. The molecule has 0 radical (unpaired) electrons. The fourth-order valence-electron chi connectivity index (χ4n) is 1.92. The maximum atomic E-state index is 13.5. The standard InChI is InChI=1S/C12H13BrF2O/c13-12(11-3-1-2-6-16-11)9-7-8(14)4-5-10(9)15/h4-5,7,11-12H,1-3,6H2. The van der Waals surface area contributed by atoms with E-state index in [1.165, 1.54) is 6.07 Å². The van der Waals surface area contributed by atoms with Crippen LogP contribution in [0.2, 0.25) is 0 Å². The van der Waals surface area contributed by atoms with Crippen molar-refractivity contribution in [1.82, 2.24) is 0 Å². The first kappa shape index (κ1) is 12.0. The van der Waals surface area contributed by atoms with Gasteiger partial charge in [0.2, 0.25) is 0 Å². The van der Waals surface area contributed by atoms with E-state index in [0.29, 0.717) is 12.2 Å². The monoisotopic (exact) mass is 290 g/mol. The van der Waals surface area contributed by atoms with Crippen molar-refractivity contribution in [2.24, 2.45) is 0 Å². The lowest BCUT2D eigenvalue weighted by molar-refractivity contribution is 0.0155. The van der Waals surface area contributed by atoms with Gasteiger partial charge in [-0.1, -0.05) is 15.9 Å². The summed E-state index contributed by atoms with van der Waals surface area (Å²) < 4.78 is 32.1. The van der Waals surface area contributed by atoms with Crippen molar-refractivity contribution in [3.8, 4) is 0 Å². The van der Waals surface area contributed by atoms with E-state index >= 15 is 0 Å². The molecule has 2 rings (SSSR count). The first-order valence-corrected chi connectivity index (χ1v) is 6.30. The average molecular weight is 291 g/mol. The summed E-state index contributed by atoms with van der Waals surface area (Å²) in [7, 11) is 0. The van der Waals surface area contributed by atoms with Crippen molar-refractivity contribution in [1.29, 1.82) is 0 Å². The zero-order valence-corrected chi connectivity index (χ0v) is 10.3. The van der Waals surface area contributed by atoms with Crippen LogP contribution in [0.1, 0.15) is 29.7 Å². The first-order chi connectivity index (χ1) is 7.68. The molecule has 4 heteroatoms. The second kappa shape index (κ2) is 5.23. The molecule has 2 atom stereocenters. The third kappa shape index (κ3) is 2.61. The number of halogens is 3. The molecule has 1 aliphatic rings. The van der Waals surface area contributed by atoms with Crippen molar-refractivity contribution < 1.29 is 13.5 Å². The van der Waals surface area contributed by atoms with Gasteiger partial charge in [0.15, 0.2) is 0 Å². The molecule has 0 saturated carbocycles. The van der Waals surface area contributed by atoms with Crippen LogP contribution in [0.3, 0.4) is 0 Å². The van der Waals surface area contributed by atoms with E-state index in [4.69, 9.17) is 4.74 Å². The minimum Gasteiger partial charge on any atom is -0.377 e. The maximum Gasteiger partial charge on any atom is 0.127 e. The van der Waals surface area contributed by atoms with E-state index in [-0.39, 0.29) is 10.9 Å². The number of hydrogen-bond acceptors (Lipinski definition) is 1. The molecule has 0 amide bonds. The second-order valence-corrected chi connectivity index (χ2v) is 4.96. The van der Waals surface area contributed by atoms with Gasteiger partial charge >= 0.3 is 0 Å². The highest BCUT2D eigenvalue weighted by molar-refractivity contribution is 9.09. The topological polar surface area (TPSA) is 9.23 Å². The lowest BCUT2D eigenvalue weighted by Gasteiger charge is -2.27. The van der Waals surface area contributed by atoms with E-state index in [9.17, 15) is 8.78 Å². The summed E-state index contributed by atoms with van der Waals surface area (Å²) in [6.07, 6.45) is 2.93. The zero-order chi connectivity index (χ0) is 11.5. The van der Waals surface area contributed by atoms with Crippen LogP contribution in [0.15, 0.2) is 18.2 Å². The van der Waals surface area contributed by atoms with Crippen LogP contribution in [-0.2, 0) is 4.74 Å². The number of alkyl halides is 1. The smallest absolute Gasteiger partial charge is 0.127 e. The summed E-state index contributed by atoms with van der Waals surface area (Å²) in [6.45, 7) is 0.698. The summed E-state index contributed by atoms with van der Waals surface area (Å²) in [6, 6.07) is 3.51. The molecule has 0 aliphatic carbocycles. The number of hydrogen-bond donors (Lipinski definition) is 0. The molecular weight excluding hydrogens is 278 g/mol. The number of rotatable bonds is 2. The fourth-order valence-corrected chi connectivity index (χ4v) is 2.69. The Balaban J connectivity index is 2.18. The fraction of sp³-hybridized carbons (Fsp3) is 0.500. The van der Waals surface area contributed by atoms with Crippen LogP contribution < -0.4 is 0 Å². The van der Waals surface area contributed by atoms with E-state index in [1.807, 2.05) is 0 Å². The van der Waals surface area contributed by atoms with Crippen LogP contribution >= 0.6 is 15.9 Å². The predicted octanol–water partition coefficient (Wildman–Crippen LogP) is 3.97. The van der Waals surface area contributed by atoms with E-state index in [2.05, 4.69) is 15.9 Å². The Kier molecular flexibility index (Phi) is 3.92. The maximum absolute atomic E-state index is 13.5. The van der Waals surface area contributed by atoms with Gasteiger partial charge in [-0.3, -0.25) is 0 Å². The Labute approximate surface area is 102 Å². The van der Waals surface area contributed by atoms with Crippen LogP contribution in [0.5, 0.6) is 0 Å². The number of benzene rings is 1. The van der Waals surface area contributed by atoms with Gasteiger partial charge in [0.05, 0.1) is 10.9 Å². The molecule has 16 heavy (non-hydrogen) atoms.